The van der Waals surface area contributed by atoms with E-state index in [4.69, 9.17) is 14.2 Å². The second-order valence-corrected chi connectivity index (χ2v) is 8.98. The van der Waals surface area contributed by atoms with Crippen LogP contribution >= 0.6 is 0 Å². The maximum Gasteiger partial charge on any atom is 0.416 e. The zero-order chi connectivity index (χ0) is 26.9. The molecular weight excluding hydrogens is 501 g/mol. The first-order chi connectivity index (χ1) is 18.2. The number of hydrogen-bond donors (Lipinski definition) is 1. The molecule has 1 N–H and O–H groups in total. The van der Waals surface area contributed by atoms with Crippen LogP contribution in [0.2, 0.25) is 0 Å². The predicted molar refractivity (Wildman–Crippen MR) is 133 cm³/mol. The molecule has 5 rings (SSSR count). The summed E-state index contributed by atoms with van der Waals surface area (Å²) >= 11 is 0. The summed E-state index contributed by atoms with van der Waals surface area (Å²) in [5.41, 5.74) is 0.856. The number of nitrogens with one attached hydrogen (secondary N) is 1. The smallest absolute Gasteiger partial charge is 0.416 e. The fraction of sp³-hybridized carbons (Fsp3) is 0.222. The highest BCUT2D eigenvalue weighted by Crippen LogP contribution is 2.34. The number of ether oxygens (including phenoxy) is 3. The SMILES string of the molecule is CC(C)COc1nc(-c2cccc(C(F)(F)F)c2)n(-c2ccc(NC(=O)c3ccc4c(c3)OCO4)cc2)n1. The Bertz CT molecular complexity index is 1470. The van der Waals surface area contributed by atoms with Gasteiger partial charge in [0.25, 0.3) is 5.91 Å². The number of nitrogens with zero attached hydrogens (tertiary/aromatic N) is 3. The van der Waals surface area contributed by atoms with E-state index in [0.29, 0.717) is 35.0 Å². The number of benzene rings is 3. The minimum Gasteiger partial charge on any atom is -0.462 e. The molecule has 0 fully saturated rings. The topological polar surface area (TPSA) is 87.5 Å². The molecule has 0 spiro atoms. The highest BCUT2D eigenvalue weighted by molar-refractivity contribution is 6.04. The number of fused-ring (bicyclic) bond motifs is 1. The molecule has 196 valence electrons. The summed E-state index contributed by atoms with van der Waals surface area (Å²) in [7, 11) is 0. The van der Waals surface area contributed by atoms with Gasteiger partial charge in [-0.25, -0.2) is 4.68 Å². The van der Waals surface area contributed by atoms with E-state index in [9.17, 15) is 18.0 Å². The third kappa shape index (κ3) is 5.41. The molecule has 1 amide bonds. The van der Waals surface area contributed by atoms with Gasteiger partial charge in [-0.1, -0.05) is 26.0 Å². The number of rotatable bonds is 7. The minimum atomic E-state index is -4.50. The van der Waals surface area contributed by atoms with Crippen LogP contribution in [0.25, 0.3) is 17.1 Å². The minimum absolute atomic E-state index is 0.0475. The lowest BCUT2D eigenvalue weighted by molar-refractivity contribution is -0.137. The van der Waals surface area contributed by atoms with Gasteiger partial charge in [-0.3, -0.25) is 4.79 Å². The van der Waals surface area contributed by atoms with Gasteiger partial charge < -0.3 is 19.5 Å². The lowest BCUT2D eigenvalue weighted by atomic mass is 10.1. The number of halogens is 3. The molecule has 0 bridgehead atoms. The van der Waals surface area contributed by atoms with Crippen molar-refractivity contribution in [3.8, 4) is 34.6 Å². The van der Waals surface area contributed by atoms with Gasteiger partial charge >= 0.3 is 12.2 Å². The van der Waals surface area contributed by atoms with Crippen molar-refractivity contribution in [2.75, 3.05) is 18.7 Å². The quantitative estimate of drug-likeness (QED) is 0.321. The lowest BCUT2D eigenvalue weighted by Gasteiger charge is -2.10. The second kappa shape index (κ2) is 10.1. The van der Waals surface area contributed by atoms with Crippen LogP contribution in [0.5, 0.6) is 17.5 Å². The fourth-order valence-corrected chi connectivity index (χ4v) is 3.72. The zero-order valence-electron chi connectivity index (χ0n) is 20.5. The summed E-state index contributed by atoms with van der Waals surface area (Å²) < 4.78 is 57.7. The average molecular weight is 524 g/mol. The Balaban J connectivity index is 1.42. The van der Waals surface area contributed by atoms with Gasteiger partial charge in [0, 0.05) is 16.8 Å². The summed E-state index contributed by atoms with van der Waals surface area (Å²) in [6.07, 6.45) is -4.50. The molecule has 0 saturated carbocycles. The van der Waals surface area contributed by atoms with E-state index in [2.05, 4.69) is 15.4 Å². The van der Waals surface area contributed by atoms with Crippen molar-refractivity contribution in [1.82, 2.24) is 14.8 Å². The number of anilines is 1. The molecule has 1 aliphatic rings. The molecule has 0 saturated heterocycles. The molecule has 11 heteroatoms. The van der Waals surface area contributed by atoms with Crippen molar-refractivity contribution in [3.63, 3.8) is 0 Å². The van der Waals surface area contributed by atoms with Crippen molar-refractivity contribution in [3.05, 3.63) is 77.9 Å². The predicted octanol–water partition coefficient (Wildman–Crippen LogP) is 5.97. The van der Waals surface area contributed by atoms with Crippen molar-refractivity contribution >= 4 is 11.6 Å². The molecule has 1 aliphatic heterocycles. The van der Waals surface area contributed by atoms with Crippen LogP contribution in [0.1, 0.15) is 29.8 Å². The lowest BCUT2D eigenvalue weighted by Crippen LogP contribution is -2.12. The zero-order valence-corrected chi connectivity index (χ0v) is 20.5. The monoisotopic (exact) mass is 524 g/mol. The Morgan fingerprint density at radius 1 is 1.05 bits per heavy atom. The van der Waals surface area contributed by atoms with Gasteiger partial charge in [-0.2, -0.15) is 18.2 Å². The standard InChI is InChI=1S/C27H23F3N4O4/c1-16(2)14-36-26-32-24(17-4-3-5-19(12-17)27(28,29)30)34(33-26)21-9-7-20(8-10-21)31-25(35)18-6-11-22-23(13-18)38-15-37-22/h3-13,16H,14-15H2,1-2H3,(H,31,35). The molecule has 4 aromatic rings. The van der Waals surface area contributed by atoms with Gasteiger partial charge in [0.15, 0.2) is 17.3 Å². The Kier molecular flexibility index (Phi) is 6.66. The molecule has 38 heavy (non-hydrogen) atoms. The number of alkyl halides is 3. The third-order valence-corrected chi connectivity index (χ3v) is 5.59. The Hall–Kier alpha value is -4.54. The molecule has 0 aliphatic carbocycles. The Labute approximate surface area is 216 Å². The van der Waals surface area contributed by atoms with Crippen LogP contribution in [0.3, 0.4) is 0 Å². The molecule has 0 unspecified atom stereocenters. The number of amides is 1. The van der Waals surface area contributed by atoms with Gasteiger partial charge in [0.05, 0.1) is 17.9 Å². The average Bonchev–Trinajstić information content (AvgIpc) is 3.54. The number of carbonyl (C=O) groups is 1. The number of hydrogen-bond acceptors (Lipinski definition) is 6. The molecule has 0 atom stereocenters. The first-order valence-electron chi connectivity index (χ1n) is 11.8. The van der Waals surface area contributed by atoms with Crippen LogP contribution in [0.4, 0.5) is 18.9 Å². The van der Waals surface area contributed by atoms with Crippen LogP contribution in [-0.4, -0.2) is 34.1 Å². The van der Waals surface area contributed by atoms with E-state index in [1.807, 2.05) is 13.8 Å². The highest BCUT2D eigenvalue weighted by atomic mass is 19.4. The fourth-order valence-electron chi connectivity index (χ4n) is 3.72. The largest absolute Gasteiger partial charge is 0.462 e. The van der Waals surface area contributed by atoms with Crippen molar-refractivity contribution < 1.29 is 32.2 Å². The van der Waals surface area contributed by atoms with Gasteiger partial charge in [-0.15, -0.1) is 5.10 Å². The molecule has 0 radical (unpaired) electrons. The second-order valence-electron chi connectivity index (χ2n) is 8.98. The van der Waals surface area contributed by atoms with Crippen LogP contribution in [0.15, 0.2) is 66.7 Å². The summed E-state index contributed by atoms with van der Waals surface area (Å²) in [6.45, 7) is 4.37. The van der Waals surface area contributed by atoms with Crippen LogP contribution in [-0.2, 0) is 6.18 Å². The van der Waals surface area contributed by atoms with E-state index in [-0.39, 0.29) is 36.0 Å². The van der Waals surface area contributed by atoms with Crippen molar-refractivity contribution in [2.24, 2.45) is 5.92 Å². The summed E-state index contributed by atoms with van der Waals surface area (Å²) in [5, 5.41) is 7.19. The molecule has 8 nitrogen and oxygen atoms in total. The Morgan fingerprint density at radius 2 is 1.82 bits per heavy atom. The maximum atomic E-state index is 13.3. The first-order valence-corrected chi connectivity index (χ1v) is 11.8. The summed E-state index contributed by atoms with van der Waals surface area (Å²) in [6, 6.07) is 16.5. The third-order valence-electron chi connectivity index (χ3n) is 5.59. The maximum absolute atomic E-state index is 13.3. The first kappa shape index (κ1) is 25.1. The van der Waals surface area contributed by atoms with E-state index in [0.717, 1.165) is 12.1 Å². The van der Waals surface area contributed by atoms with Crippen LogP contribution in [0, 0.1) is 5.92 Å². The van der Waals surface area contributed by atoms with E-state index < -0.39 is 11.7 Å². The Morgan fingerprint density at radius 3 is 2.55 bits per heavy atom. The summed E-state index contributed by atoms with van der Waals surface area (Å²) in [4.78, 5) is 17.1. The van der Waals surface area contributed by atoms with Crippen LogP contribution < -0.4 is 19.5 Å². The van der Waals surface area contributed by atoms with Gasteiger partial charge in [-0.05, 0) is 60.5 Å². The van der Waals surface area contributed by atoms with Crippen molar-refractivity contribution in [1.29, 1.82) is 0 Å². The molecule has 2 heterocycles. The van der Waals surface area contributed by atoms with E-state index in [1.54, 1.807) is 42.5 Å². The molecule has 3 aromatic carbocycles. The molecule has 1 aromatic heterocycles. The van der Waals surface area contributed by atoms with E-state index >= 15 is 0 Å². The van der Waals surface area contributed by atoms with Gasteiger partial charge in [0.1, 0.15) is 0 Å². The number of aromatic nitrogens is 3. The van der Waals surface area contributed by atoms with E-state index in [1.165, 1.54) is 16.8 Å². The highest BCUT2D eigenvalue weighted by Gasteiger charge is 2.31. The summed E-state index contributed by atoms with van der Waals surface area (Å²) in [5.74, 6) is 1.12. The van der Waals surface area contributed by atoms with Crippen molar-refractivity contribution in [2.45, 2.75) is 20.0 Å². The molecular formula is C27H23F3N4O4. The van der Waals surface area contributed by atoms with Gasteiger partial charge in [0.2, 0.25) is 6.79 Å². The normalized spacial score (nSPS) is 12.6. The number of carbonyl (C=O) groups excluding carboxylic acids is 1.